The van der Waals surface area contributed by atoms with Crippen molar-refractivity contribution in [3.8, 4) is 0 Å². The van der Waals surface area contributed by atoms with E-state index in [0.717, 1.165) is 4.47 Å². The van der Waals surface area contributed by atoms with E-state index >= 15 is 0 Å². The van der Waals surface area contributed by atoms with Crippen molar-refractivity contribution in [1.82, 2.24) is 5.32 Å². The highest BCUT2D eigenvalue weighted by Crippen LogP contribution is 2.23. The van der Waals surface area contributed by atoms with Crippen LogP contribution in [0.3, 0.4) is 0 Å². The van der Waals surface area contributed by atoms with Crippen LogP contribution in [0.25, 0.3) is 0 Å². The number of ether oxygens (including phenoxy) is 1. The average Bonchev–Trinajstić information content (AvgIpc) is 2.50. The molecular formula is C10H14BrNO2S. The Bertz CT molecular complexity index is 349. The van der Waals surface area contributed by atoms with Gasteiger partial charge in [-0.25, -0.2) is 0 Å². The Hall–Kier alpha value is -0.390. The number of carbonyl (C=O) groups excluding carboxylic acids is 1. The molecule has 0 fully saturated rings. The second-order valence-corrected chi connectivity index (χ2v) is 5.64. The summed E-state index contributed by atoms with van der Waals surface area (Å²) in [5, 5.41) is 4.79. The Kier molecular flexibility index (Phi) is 4.31. The minimum Gasteiger partial charge on any atom is -0.382 e. The predicted molar refractivity (Wildman–Crippen MR) is 65.4 cm³/mol. The molecule has 0 unspecified atom stereocenters. The average molecular weight is 292 g/mol. The lowest BCUT2D eigenvalue weighted by Crippen LogP contribution is -2.46. The SMILES string of the molecule is COCC(C)(C)NC(=O)c1sccc1Br. The van der Waals surface area contributed by atoms with Crippen molar-refractivity contribution in [2.24, 2.45) is 0 Å². The summed E-state index contributed by atoms with van der Waals surface area (Å²) in [5.74, 6) is -0.0704. The molecule has 1 rings (SSSR count). The smallest absolute Gasteiger partial charge is 0.263 e. The lowest BCUT2D eigenvalue weighted by molar-refractivity contribution is 0.0823. The van der Waals surface area contributed by atoms with Crippen LogP contribution >= 0.6 is 27.3 Å². The lowest BCUT2D eigenvalue weighted by atomic mass is 10.1. The van der Waals surface area contributed by atoms with E-state index in [4.69, 9.17) is 4.74 Å². The molecule has 0 aliphatic rings. The summed E-state index contributed by atoms with van der Waals surface area (Å²) in [4.78, 5) is 12.5. The first-order valence-corrected chi connectivity index (χ1v) is 6.18. The fraction of sp³-hybridized carbons (Fsp3) is 0.500. The van der Waals surface area contributed by atoms with Crippen molar-refractivity contribution in [2.75, 3.05) is 13.7 Å². The predicted octanol–water partition coefficient (Wildman–Crippen LogP) is 2.67. The van der Waals surface area contributed by atoms with Gasteiger partial charge < -0.3 is 10.1 Å². The van der Waals surface area contributed by atoms with Crippen molar-refractivity contribution in [1.29, 1.82) is 0 Å². The zero-order valence-corrected chi connectivity index (χ0v) is 11.4. The highest BCUT2D eigenvalue weighted by molar-refractivity contribution is 9.10. The molecule has 1 aromatic heterocycles. The number of rotatable bonds is 4. The number of amides is 1. The van der Waals surface area contributed by atoms with E-state index in [1.807, 2.05) is 25.3 Å². The quantitative estimate of drug-likeness (QED) is 0.926. The third-order valence-electron chi connectivity index (χ3n) is 1.78. The Labute approximate surface area is 102 Å². The Morgan fingerprint density at radius 3 is 2.80 bits per heavy atom. The zero-order valence-electron chi connectivity index (χ0n) is 8.96. The fourth-order valence-electron chi connectivity index (χ4n) is 1.22. The van der Waals surface area contributed by atoms with Gasteiger partial charge in [0.2, 0.25) is 0 Å². The van der Waals surface area contributed by atoms with Crippen LogP contribution in [0.1, 0.15) is 23.5 Å². The van der Waals surface area contributed by atoms with Crippen LogP contribution < -0.4 is 5.32 Å². The Morgan fingerprint density at radius 1 is 1.67 bits per heavy atom. The van der Waals surface area contributed by atoms with Crippen LogP contribution in [-0.4, -0.2) is 25.2 Å². The molecule has 0 radical (unpaired) electrons. The molecule has 0 saturated carbocycles. The van der Waals surface area contributed by atoms with E-state index in [1.54, 1.807) is 7.11 Å². The first-order valence-electron chi connectivity index (χ1n) is 4.51. The molecule has 84 valence electrons. The molecule has 5 heteroatoms. The molecule has 0 saturated heterocycles. The monoisotopic (exact) mass is 291 g/mol. The van der Waals surface area contributed by atoms with Gasteiger partial charge in [-0.15, -0.1) is 11.3 Å². The van der Waals surface area contributed by atoms with E-state index in [-0.39, 0.29) is 11.4 Å². The molecule has 15 heavy (non-hydrogen) atoms. The number of nitrogens with one attached hydrogen (secondary N) is 1. The summed E-state index contributed by atoms with van der Waals surface area (Å²) in [7, 11) is 1.62. The van der Waals surface area contributed by atoms with E-state index in [0.29, 0.717) is 11.5 Å². The largest absolute Gasteiger partial charge is 0.382 e. The van der Waals surface area contributed by atoms with Gasteiger partial charge in [-0.1, -0.05) is 0 Å². The van der Waals surface area contributed by atoms with Crippen LogP contribution in [0.5, 0.6) is 0 Å². The molecule has 1 heterocycles. The van der Waals surface area contributed by atoms with Gasteiger partial charge in [-0.2, -0.15) is 0 Å². The van der Waals surface area contributed by atoms with Gasteiger partial charge in [0.15, 0.2) is 0 Å². The van der Waals surface area contributed by atoms with Gasteiger partial charge in [0, 0.05) is 11.6 Å². The van der Waals surface area contributed by atoms with Crippen molar-refractivity contribution < 1.29 is 9.53 Å². The second kappa shape index (κ2) is 5.09. The number of methoxy groups -OCH3 is 1. The van der Waals surface area contributed by atoms with Gasteiger partial charge in [0.25, 0.3) is 5.91 Å². The summed E-state index contributed by atoms with van der Waals surface area (Å²) < 4.78 is 5.86. The maximum Gasteiger partial charge on any atom is 0.263 e. The van der Waals surface area contributed by atoms with Crippen molar-refractivity contribution in [3.63, 3.8) is 0 Å². The van der Waals surface area contributed by atoms with Gasteiger partial charge in [-0.3, -0.25) is 4.79 Å². The van der Waals surface area contributed by atoms with Crippen LogP contribution in [0.2, 0.25) is 0 Å². The lowest BCUT2D eigenvalue weighted by Gasteiger charge is -2.24. The Morgan fingerprint density at radius 2 is 2.33 bits per heavy atom. The molecular weight excluding hydrogens is 278 g/mol. The van der Waals surface area contributed by atoms with Gasteiger partial charge in [0.05, 0.1) is 12.1 Å². The number of thiophene rings is 1. The normalized spacial score (nSPS) is 11.5. The van der Waals surface area contributed by atoms with Crippen LogP contribution in [0.4, 0.5) is 0 Å². The summed E-state index contributed by atoms with van der Waals surface area (Å²) in [6, 6.07) is 1.86. The highest BCUT2D eigenvalue weighted by atomic mass is 79.9. The topological polar surface area (TPSA) is 38.3 Å². The second-order valence-electron chi connectivity index (χ2n) is 3.87. The minimum absolute atomic E-state index is 0.0704. The summed E-state index contributed by atoms with van der Waals surface area (Å²) in [6.45, 7) is 4.34. The van der Waals surface area contributed by atoms with E-state index in [1.165, 1.54) is 11.3 Å². The van der Waals surface area contributed by atoms with Crippen LogP contribution in [-0.2, 0) is 4.74 Å². The number of hydrogen-bond acceptors (Lipinski definition) is 3. The fourth-order valence-corrected chi connectivity index (χ4v) is 2.66. The molecule has 0 spiro atoms. The van der Waals surface area contributed by atoms with Crippen molar-refractivity contribution in [3.05, 3.63) is 20.8 Å². The van der Waals surface area contributed by atoms with E-state index in [2.05, 4.69) is 21.2 Å². The molecule has 1 N–H and O–H groups in total. The standard InChI is InChI=1S/C10H14BrNO2S/c1-10(2,6-14-3)12-9(13)8-7(11)4-5-15-8/h4-5H,6H2,1-3H3,(H,12,13). The zero-order chi connectivity index (χ0) is 11.5. The van der Waals surface area contributed by atoms with Crippen molar-refractivity contribution in [2.45, 2.75) is 19.4 Å². The van der Waals surface area contributed by atoms with Crippen LogP contribution in [0.15, 0.2) is 15.9 Å². The number of halogens is 1. The minimum atomic E-state index is -0.352. The van der Waals surface area contributed by atoms with E-state index < -0.39 is 0 Å². The third kappa shape index (κ3) is 3.59. The molecule has 3 nitrogen and oxygen atoms in total. The Balaban J connectivity index is 2.68. The number of carbonyl (C=O) groups is 1. The third-order valence-corrected chi connectivity index (χ3v) is 3.62. The van der Waals surface area contributed by atoms with Gasteiger partial charge in [0.1, 0.15) is 4.88 Å². The number of hydrogen-bond donors (Lipinski definition) is 1. The highest BCUT2D eigenvalue weighted by Gasteiger charge is 2.22. The molecule has 0 aromatic carbocycles. The molecule has 0 aliphatic carbocycles. The molecule has 0 aliphatic heterocycles. The molecule has 1 amide bonds. The molecule has 0 atom stereocenters. The van der Waals surface area contributed by atoms with Crippen molar-refractivity contribution >= 4 is 33.2 Å². The van der Waals surface area contributed by atoms with Gasteiger partial charge >= 0.3 is 0 Å². The molecule has 0 bridgehead atoms. The summed E-state index contributed by atoms with van der Waals surface area (Å²) in [6.07, 6.45) is 0. The van der Waals surface area contributed by atoms with Crippen LogP contribution in [0, 0.1) is 0 Å². The maximum absolute atomic E-state index is 11.8. The molecule has 1 aromatic rings. The maximum atomic E-state index is 11.8. The van der Waals surface area contributed by atoms with Gasteiger partial charge in [-0.05, 0) is 41.2 Å². The first kappa shape index (κ1) is 12.7. The summed E-state index contributed by atoms with van der Waals surface area (Å²) >= 11 is 4.75. The summed E-state index contributed by atoms with van der Waals surface area (Å²) in [5.41, 5.74) is -0.352. The van der Waals surface area contributed by atoms with E-state index in [9.17, 15) is 4.79 Å². The first-order chi connectivity index (χ1) is 6.96.